The van der Waals surface area contributed by atoms with E-state index in [0.29, 0.717) is 38.2 Å². The molecule has 1 amide bonds. The summed E-state index contributed by atoms with van der Waals surface area (Å²) in [6.45, 7) is 1.37. The number of nitrogens with one attached hydrogen (secondary N) is 1. The summed E-state index contributed by atoms with van der Waals surface area (Å²) in [4.78, 5) is 13.4. The summed E-state index contributed by atoms with van der Waals surface area (Å²) in [5.74, 6) is 1.09. The van der Waals surface area contributed by atoms with Crippen LogP contribution in [0.25, 0.3) is 0 Å². The maximum atomic E-state index is 13.8. The number of aryl methyl sites for hydroxylation is 1. The Balaban J connectivity index is 1.66. The van der Waals surface area contributed by atoms with Gasteiger partial charge in [0.1, 0.15) is 12.3 Å². The second kappa shape index (κ2) is 12.6. The number of hydrogen-bond donors (Lipinski definition) is 1. The number of amides is 1. The number of carbonyl (C=O) groups is 1. The number of benzene rings is 4. The fraction of sp³-hybridized carbons (Fsp3) is 0.138. The summed E-state index contributed by atoms with van der Waals surface area (Å²) in [6.07, 6.45) is 0. The first kappa shape index (κ1) is 29.3. The summed E-state index contributed by atoms with van der Waals surface area (Å²) < 4.78 is 45.7. The highest BCUT2D eigenvalue weighted by Crippen LogP contribution is 2.37. The highest BCUT2D eigenvalue weighted by Gasteiger charge is 2.28. The van der Waals surface area contributed by atoms with Gasteiger partial charge in [-0.05, 0) is 83.5 Å². The van der Waals surface area contributed by atoms with E-state index in [9.17, 15) is 13.2 Å². The van der Waals surface area contributed by atoms with Gasteiger partial charge in [0.15, 0.2) is 17.2 Å². The van der Waals surface area contributed by atoms with Gasteiger partial charge in [-0.1, -0.05) is 41.4 Å². The first-order valence-corrected chi connectivity index (χ1v) is 14.6. The predicted octanol–water partition coefficient (Wildman–Crippen LogP) is 7.05. The van der Waals surface area contributed by atoms with E-state index in [1.165, 1.54) is 38.5 Å². The predicted molar refractivity (Wildman–Crippen MR) is 160 cm³/mol. The quantitative estimate of drug-likeness (QED) is 0.199. The Morgan fingerprint density at radius 3 is 2.17 bits per heavy atom. The van der Waals surface area contributed by atoms with Crippen LogP contribution in [0.1, 0.15) is 5.56 Å². The van der Waals surface area contributed by atoms with E-state index in [1.54, 1.807) is 60.7 Å². The second-order valence-electron chi connectivity index (χ2n) is 8.59. The lowest BCUT2D eigenvalue weighted by Gasteiger charge is -2.25. The molecule has 11 heteroatoms. The summed E-state index contributed by atoms with van der Waals surface area (Å²) >= 11 is 9.56. The standard InChI is InChI=1S/C29H26BrClN2O6S/c1-19-8-11-21(12-9-19)33(40(35,36)22-13-15-25(37-2)23(30)17-22)18-29(34)32-24-16-20(31)10-14-26(24)39-28-7-5-4-6-27(28)38-3/h4-17H,18H2,1-3H3,(H,32,34). The van der Waals surface area contributed by atoms with Crippen LogP contribution in [0.15, 0.2) is 94.3 Å². The molecule has 8 nitrogen and oxygen atoms in total. The van der Waals surface area contributed by atoms with Gasteiger partial charge in [0, 0.05) is 5.02 Å². The second-order valence-corrected chi connectivity index (χ2v) is 11.7. The van der Waals surface area contributed by atoms with Gasteiger partial charge in [-0.2, -0.15) is 0 Å². The van der Waals surface area contributed by atoms with Crippen molar-refractivity contribution >= 4 is 54.8 Å². The van der Waals surface area contributed by atoms with Gasteiger partial charge in [-0.15, -0.1) is 0 Å². The number of anilines is 2. The van der Waals surface area contributed by atoms with Crippen molar-refractivity contribution in [1.29, 1.82) is 0 Å². The van der Waals surface area contributed by atoms with E-state index in [0.717, 1.165) is 9.87 Å². The van der Waals surface area contributed by atoms with Gasteiger partial charge in [0.25, 0.3) is 10.0 Å². The van der Waals surface area contributed by atoms with Crippen LogP contribution in [-0.2, 0) is 14.8 Å². The Morgan fingerprint density at radius 1 is 0.875 bits per heavy atom. The zero-order valence-electron chi connectivity index (χ0n) is 21.9. The average Bonchev–Trinajstić information content (AvgIpc) is 2.94. The lowest BCUT2D eigenvalue weighted by molar-refractivity contribution is -0.114. The molecule has 1 N–H and O–H groups in total. The molecule has 0 saturated carbocycles. The molecule has 4 rings (SSSR count). The fourth-order valence-corrected chi connectivity index (χ4v) is 6.10. The van der Waals surface area contributed by atoms with Crippen molar-refractivity contribution in [2.24, 2.45) is 0 Å². The molecular formula is C29H26BrClN2O6S. The number of nitrogens with zero attached hydrogens (tertiary/aromatic N) is 1. The highest BCUT2D eigenvalue weighted by molar-refractivity contribution is 9.10. The third-order valence-corrected chi connectivity index (χ3v) is 8.45. The maximum absolute atomic E-state index is 13.8. The number of ether oxygens (including phenoxy) is 3. The maximum Gasteiger partial charge on any atom is 0.264 e. The zero-order valence-corrected chi connectivity index (χ0v) is 25.0. The number of hydrogen-bond acceptors (Lipinski definition) is 6. The van der Waals surface area contributed by atoms with Crippen LogP contribution in [0.5, 0.6) is 23.0 Å². The number of halogens is 2. The molecule has 0 spiro atoms. The molecule has 0 saturated heterocycles. The summed E-state index contributed by atoms with van der Waals surface area (Å²) in [5.41, 5.74) is 1.52. The van der Waals surface area contributed by atoms with Crippen LogP contribution >= 0.6 is 27.5 Å². The molecule has 4 aromatic rings. The van der Waals surface area contributed by atoms with E-state index < -0.39 is 22.5 Å². The minimum atomic E-state index is -4.16. The van der Waals surface area contributed by atoms with E-state index in [-0.39, 0.29) is 10.6 Å². The van der Waals surface area contributed by atoms with Gasteiger partial charge in [-0.25, -0.2) is 8.42 Å². The van der Waals surface area contributed by atoms with E-state index in [4.69, 9.17) is 25.8 Å². The Hall–Kier alpha value is -3.73. The molecule has 4 aromatic carbocycles. The monoisotopic (exact) mass is 644 g/mol. The van der Waals surface area contributed by atoms with Crippen LogP contribution in [0.4, 0.5) is 11.4 Å². The molecule has 0 aliphatic rings. The highest BCUT2D eigenvalue weighted by atomic mass is 79.9. The van der Waals surface area contributed by atoms with E-state index >= 15 is 0 Å². The number of sulfonamides is 1. The SMILES string of the molecule is COc1ccc(S(=O)(=O)N(CC(=O)Nc2cc(Cl)ccc2Oc2ccccc2OC)c2ccc(C)cc2)cc1Br. The molecule has 40 heavy (non-hydrogen) atoms. The lowest BCUT2D eigenvalue weighted by atomic mass is 10.2. The van der Waals surface area contributed by atoms with Crippen LogP contribution in [0, 0.1) is 6.92 Å². The molecule has 0 aliphatic carbocycles. The Bertz CT molecular complexity index is 1630. The summed E-state index contributed by atoms with van der Waals surface area (Å²) in [7, 11) is -1.16. The van der Waals surface area contributed by atoms with Crippen molar-refractivity contribution in [3.8, 4) is 23.0 Å². The minimum Gasteiger partial charge on any atom is -0.496 e. The molecule has 0 heterocycles. The van der Waals surface area contributed by atoms with E-state index in [2.05, 4.69) is 21.2 Å². The number of carbonyl (C=O) groups excluding carboxylic acids is 1. The Morgan fingerprint density at radius 2 is 1.52 bits per heavy atom. The van der Waals surface area contributed by atoms with Gasteiger partial charge >= 0.3 is 0 Å². The first-order valence-electron chi connectivity index (χ1n) is 12.0. The van der Waals surface area contributed by atoms with Gasteiger partial charge in [0.2, 0.25) is 5.91 Å². The molecule has 0 fully saturated rings. The van der Waals surface area contributed by atoms with Crippen molar-refractivity contribution in [3.63, 3.8) is 0 Å². The average molecular weight is 646 g/mol. The molecule has 208 valence electrons. The zero-order chi connectivity index (χ0) is 28.9. The molecular weight excluding hydrogens is 620 g/mol. The number of para-hydroxylation sites is 2. The normalized spacial score (nSPS) is 11.0. The molecule has 0 unspecified atom stereocenters. The summed E-state index contributed by atoms with van der Waals surface area (Å²) in [6, 6.07) is 23.0. The van der Waals surface area contributed by atoms with Crippen LogP contribution < -0.4 is 23.8 Å². The van der Waals surface area contributed by atoms with Gasteiger partial charge in [0.05, 0.1) is 35.0 Å². The third-order valence-electron chi connectivity index (χ3n) is 5.83. The lowest BCUT2D eigenvalue weighted by Crippen LogP contribution is -2.38. The first-order chi connectivity index (χ1) is 19.1. The Kier molecular flexibility index (Phi) is 9.24. The molecule has 0 radical (unpaired) electrons. The topological polar surface area (TPSA) is 94.2 Å². The van der Waals surface area contributed by atoms with Crippen molar-refractivity contribution in [2.45, 2.75) is 11.8 Å². The van der Waals surface area contributed by atoms with Gasteiger partial charge < -0.3 is 19.5 Å². The Labute approximate surface area is 246 Å². The minimum absolute atomic E-state index is 0.0171. The molecule has 0 atom stereocenters. The van der Waals surface area contributed by atoms with Crippen LogP contribution in [0.2, 0.25) is 5.02 Å². The van der Waals surface area contributed by atoms with Crippen molar-refractivity contribution in [1.82, 2.24) is 0 Å². The van der Waals surface area contributed by atoms with Crippen molar-refractivity contribution in [3.05, 3.63) is 100.0 Å². The summed E-state index contributed by atoms with van der Waals surface area (Å²) in [5, 5.41) is 3.10. The van der Waals surface area contributed by atoms with Gasteiger partial charge in [-0.3, -0.25) is 9.10 Å². The largest absolute Gasteiger partial charge is 0.496 e. The van der Waals surface area contributed by atoms with Crippen LogP contribution in [0.3, 0.4) is 0 Å². The van der Waals surface area contributed by atoms with Crippen LogP contribution in [-0.4, -0.2) is 35.1 Å². The smallest absolute Gasteiger partial charge is 0.264 e. The number of methoxy groups -OCH3 is 2. The molecule has 0 aliphatic heterocycles. The fourth-order valence-electron chi connectivity index (χ4n) is 3.79. The van der Waals surface area contributed by atoms with E-state index in [1.807, 2.05) is 6.92 Å². The van der Waals surface area contributed by atoms with Crippen molar-refractivity contribution in [2.75, 3.05) is 30.4 Å². The molecule has 0 aromatic heterocycles. The molecule has 0 bridgehead atoms. The third kappa shape index (κ3) is 6.70. The van der Waals surface area contributed by atoms with Crippen molar-refractivity contribution < 1.29 is 27.4 Å². The number of rotatable bonds is 10.